The van der Waals surface area contributed by atoms with Gasteiger partial charge in [0.1, 0.15) is 12.1 Å². The lowest BCUT2D eigenvalue weighted by Gasteiger charge is -2.24. The third-order valence-electron chi connectivity index (χ3n) is 3.07. The van der Waals surface area contributed by atoms with E-state index in [2.05, 4.69) is 27.0 Å². The molecule has 0 fully saturated rings. The van der Waals surface area contributed by atoms with Crippen LogP contribution in [0.25, 0.3) is 0 Å². The summed E-state index contributed by atoms with van der Waals surface area (Å²) in [7, 11) is 1.61. The predicted octanol–water partition coefficient (Wildman–Crippen LogP) is 3.04. The third-order valence-corrected chi connectivity index (χ3v) is 3.24. The van der Waals surface area contributed by atoms with E-state index in [4.69, 9.17) is 16.3 Å². The minimum Gasteiger partial charge on any atom is -0.481 e. The van der Waals surface area contributed by atoms with Crippen LogP contribution >= 0.6 is 11.6 Å². The van der Waals surface area contributed by atoms with E-state index in [0.29, 0.717) is 11.8 Å². The molecule has 0 amide bonds. The molecule has 106 valence electrons. The molecule has 0 radical (unpaired) electrons. The number of nitrogens with zero attached hydrogens (tertiary/aromatic N) is 3. The van der Waals surface area contributed by atoms with Crippen molar-refractivity contribution in [3.05, 3.63) is 47.8 Å². The Kier molecular flexibility index (Phi) is 5.18. The molecule has 2 rings (SSSR count). The molecule has 0 N–H and O–H groups in total. The van der Waals surface area contributed by atoms with Gasteiger partial charge >= 0.3 is 0 Å². The van der Waals surface area contributed by atoms with Crippen molar-refractivity contribution >= 4 is 17.4 Å². The van der Waals surface area contributed by atoms with Crippen molar-refractivity contribution < 1.29 is 4.74 Å². The number of alkyl halides is 1. The zero-order valence-corrected chi connectivity index (χ0v) is 12.5. The Balaban J connectivity index is 2.29. The van der Waals surface area contributed by atoms with Gasteiger partial charge in [0.2, 0.25) is 5.88 Å². The summed E-state index contributed by atoms with van der Waals surface area (Å²) >= 11 is 5.92. The van der Waals surface area contributed by atoms with Gasteiger partial charge in [-0.15, -0.1) is 11.6 Å². The number of methoxy groups -OCH3 is 1. The molecule has 0 aliphatic rings. The van der Waals surface area contributed by atoms with Gasteiger partial charge in [-0.1, -0.05) is 30.3 Å². The van der Waals surface area contributed by atoms with Crippen LogP contribution in [0.4, 0.5) is 5.82 Å². The minimum atomic E-state index is 0.540. The van der Waals surface area contributed by atoms with Crippen molar-refractivity contribution in [2.45, 2.75) is 13.5 Å². The zero-order chi connectivity index (χ0) is 14.4. The lowest BCUT2D eigenvalue weighted by Crippen LogP contribution is -2.27. The highest BCUT2D eigenvalue weighted by molar-refractivity contribution is 6.18. The average molecular weight is 292 g/mol. The first-order valence-electron chi connectivity index (χ1n) is 6.46. The summed E-state index contributed by atoms with van der Waals surface area (Å²) in [6.45, 7) is 3.44. The Morgan fingerprint density at radius 2 is 1.95 bits per heavy atom. The fourth-order valence-corrected chi connectivity index (χ4v) is 2.32. The number of hydrogen-bond donors (Lipinski definition) is 0. The van der Waals surface area contributed by atoms with Gasteiger partial charge in [-0.3, -0.25) is 0 Å². The molecule has 0 saturated carbocycles. The fraction of sp³-hybridized carbons (Fsp3) is 0.333. The molecule has 0 spiro atoms. The Morgan fingerprint density at radius 3 is 2.60 bits per heavy atom. The summed E-state index contributed by atoms with van der Waals surface area (Å²) in [5.74, 6) is 2.00. The Bertz CT molecular complexity index is 548. The van der Waals surface area contributed by atoms with Gasteiger partial charge in [-0.05, 0) is 12.5 Å². The second-order valence-electron chi connectivity index (χ2n) is 4.43. The van der Waals surface area contributed by atoms with E-state index in [1.54, 1.807) is 7.11 Å². The first kappa shape index (κ1) is 14.6. The van der Waals surface area contributed by atoms with E-state index < -0.39 is 0 Å². The Hall–Kier alpha value is -1.81. The molecule has 4 nitrogen and oxygen atoms in total. The van der Waals surface area contributed by atoms with Gasteiger partial charge in [-0.2, -0.15) is 0 Å². The lowest BCUT2D eigenvalue weighted by atomic mass is 10.2. The van der Waals surface area contributed by atoms with Crippen molar-refractivity contribution in [2.24, 2.45) is 0 Å². The summed E-state index contributed by atoms with van der Waals surface area (Å²) in [6.07, 6.45) is 1.52. The van der Waals surface area contributed by atoms with Crippen LogP contribution in [-0.2, 0) is 6.54 Å². The molecule has 2 aromatic rings. The normalized spacial score (nSPS) is 10.3. The standard InChI is InChI=1S/C15H18ClN3O/c1-12-14(17-11-18-15(12)20-2)19(9-8-16)10-13-6-4-3-5-7-13/h3-7,11H,8-10H2,1-2H3. The van der Waals surface area contributed by atoms with Gasteiger partial charge in [0.05, 0.1) is 12.7 Å². The van der Waals surface area contributed by atoms with Crippen LogP contribution in [0.5, 0.6) is 5.88 Å². The van der Waals surface area contributed by atoms with Crippen molar-refractivity contribution in [1.29, 1.82) is 0 Å². The summed E-state index contributed by atoms with van der Waals surface area (Å²) in [5, 5.41) is 0. The quantitative estimate of drug-likeness (QED) is 0.767. The molecule has 0 aliphatic carbocycles. The molecular weight excluding hydrogens is 274 g/mol. The van der Waals surface area contributed by atoms with Gasteiger partial charge in [0.25, 0.3) is 0 Å². The number of aromatic nitrogens is 2. The minimum absolute atomic E-state index is 0.540. The van der Waals surface area contributed by atoms with Crippen LogP contribution in [0.15, 0.2) is 36.7 Å². The van der Waals surface area contributed by atoms with Gasteiger partial charge in [0.15, 0.2) is 0 Å². The maximum Gasteiger partial charge on any atom is 0.221 e. The second-order valence-corrected chi connectivity index (χ2v) is 4.81. The van der Waals surface area contributed by atoms with E-state index in [-0.39, 0.29) is 0 Å². The topological polar surface area (TPSA) is 38.3 Å². The highest BCUT2D eigenvalue weighted by Gasteiger charge is 2.14. The summed E-state index contributed by atoms with van der Waals surface area (Å²) in [5.41, 5.74) is 2.14. The molecule has 20 heavy (non-hydrogen) atoms. The van der Waals surface area contributed by atoms with Crippen LogP contribution in [0.2, 0.25) is 0 Å². The van der Waals surface area contributed by atoms with Crippen molar-refractivity contribution in [3.8, 4) is 5.88 Å². The van der Waals surface area contributed by atoms with Crippen molar-refractivity contribution in [1.82, 2.24) is 9.97 Å². The molecule has 0 unspecified atom stereocenters. The molecule has 1 aromatic carbocycles. The van der Waals surface area contributed by atoms with Crippen LogP contribution in [-0.4, -0.2) is 29.5 Å². The second kappa shape index (κ2) is 7.10. The third kappa shape index (κ3) is 3.39. The number of anilines is 1. The number of halogens is 1. The molecule has 0 saturated heterocycles. The SMILES string of the molecule is COc1ncnc(N(CCCl)Cc2ccccc2)c1C. The molecule has 5 heteroatoms. The van der Waals surface area contributed by atoms with Crippen LogP contribution in [0.1, 0.15) is 11.1 Å². The maximum absolute atomic E-state index is 5.92. The lowest BCUT2D eigenvalue weighted by molar-refractivity contribution is 0.393. The number of ether oxygens (including phenoxy) is 1. The van der Waals surface area contributed by atoms with E-state index >= 15 is 0 Å². The highest BCUT2D eigenvalue weighted by Crippen LogP contribution is 2.24. The molecule has 0 atom stereocenters. The van der Waals surface area contributed by atoms with Crippen molar-refractivity contribution in [3.63, 3.8) is 0 Å². The van der Waals surface area contributed by atoms with Gasteiger partial charge in [-0.25, -0.2) is 9.97 Å². The van der Waals surface area contributed by atoms with Gasteiger partial charge in [0, 0.05) is 19.0 Å². The zero-order valence-electron chi connectivity index (χ0n) is 11.7. The fourth-order valence-electron chi connectivity index (χ4n) is 2.12. The summed E-state index contributed by atoms with van der Waals surface area (Å²) < 4.78 is 5.25. The summed E-state index contributed by atoms with van der Waals surface area (Å²) in [4.78, 5) is 10.6. The van der Waals surface area contributed by atoms with Crippen LogP contribution < -0.4 is 9.64 Å². The Morgan fingerprint density at radius 1 is 1.20 bits per heavy atom. The van der Waals surface area contributed by atoms with Crippen LogP contribution in [0, 0.1) is 6.92 Å². The first-order chi connectivity index (χ1) is 9.76. The monoisotopic (exact) mass is 291 g/mol. The molecular formula is C15H18ClN3O. The van der Waals surface area contributed by atoms with Crippen LogP contribution in [0.3, 0.4) is 0 Å². The van der Waals surface area contributed by atoms with E-state index in [9.17, 15) is 0 Å². The van der Waals surface area contributed by atoms with E-state index in [1.807, 2.05) is 25.1 Å². The molecule has 1 aromatic heterocycles. The highest BCUT2D eigenvalue weighted by atomic mass is 35.5. The molecule has 0 bridgehead atoms. The number of hydrogen-bond acceptors (Lipinski definition) is 4. The average Bonchev–Trinajstić information content (AvgIpc) is 2.48. The predicted molar refractivity (Wildman–Crippen MR) is 81.5 cm³/mol. The van der Waals surface area contributed by atoms with Crippen molar-refractivity contribution in [2.75, 3.05) is 24.4 Å². The smallest absolute Gasteiger partial charge is 0.221 e. The van der Waals surface area contributed by atoms with E-state index in [1.165, 1.54) is 11.9 Å². The molecule has 1 heterocycles. The summed E-state index contributed by atoms with van der Waals surface area (Å²) in [6, 6.07) is 10.3. The molecule has 0 aliphatic heterocycles. The maximum atomic E-state index is 5.92. The van der Waals surface area contributed by atoms with E-state index in [0.717, 1.165) is 24.5 Å². The Labute approximate surface area is 124 Å². The first-order valence-corrected chi connectivity index (χ1v) is 7.00. The van der Waals surface area contributed by atoms with Gasteiger partial charge < -0.3 is 9.64 Å². The largest absolute Gasteiger partial charge is 0.481 e. The number of benzene rings is 1. The number of rotatable bonds is 6.